The molecule has 0 aliphatic rings. The summed E-state index contributed by atoms with van der Waals surface area (Å²) >= 11 is 0.597. The van der Waals surface area contributed by atoms with E-state index in [4.69, 9.17) is 0 Å². The molecule has 0 saturated carbocycles. The van der Waals surface area contributed by atoms with E-state index >= 15 is 0 Å². The summed E-state index contributed by atoms with van der Waals surface area (Å²) < 4.78 is 0. The number of hydrogen-bond acceptors (Lipinski definition) is 1. The Balaban J connectivity index is 0.000000197. The average molecular weight is 334 g/mol. The van der Waals surface area contributed by atoms with Crippen LogP contribution < -0.4 is 0 Å². The molecular weight excluding hydrogens is 321 g/mol. The molecular formula is C19H13NSe. The van der Waals surface area contributed by atoms with Gasteiger partial charge in [0.2, 0.25) is 0 Å². The van der Waals surface area contributed by atoms with Crippen molar-refractivity contribution in [3.05, 3.63) is 76.9 Å². The molecule has 0 unspecified atom stereocenters. The molecule has 1 heterocycles. The van der Waals surface area contributed by atoms with Crippen molar-refractivity contribution in [3.8, 4) is 0 Å². The van der Waals surface area contributed by atoms with Crippen molar-refractivity contribution in [2.75, 3.05) is 0 Å². The van der Waals surface area contributed by atoms with Gasteiger partial charge >= 0.3 is 35.7 Å². The quantitative estimate of drug-likeness (QED) is 0.295. The third-order valence-electron chi connectivity index (χ3n) is 3.74. The molecule has 0 radical (unpaired) electrons. The molecule has 100 valence electrons. The van der Waals surface area contributed by atoms with Gasteiger partial charge in [-0.3, -0.25) is 0 Å². The molecule has 0 atom stereocenters. The second-order valence-electron chi connectivity index (χ2n) is 4.97. The van der Waals surface area contributed by atoms with Crippen molar-refractivity contribution in [1.82, 2.24) is 4.98 Å². The minimum Gasteiger partial charge on any atom is -0.0610 e. The van der Waals surface area contributed by atoms with E-state index in [0.717, 1.165) is 0 Å². The van der Waals surface area contributed by atoms with Gasteiger partial charge in [0.15, 0.2) is 0 Å². The summed E-state index contributed by atoms with van der Waals surface area (Å²) in [5.74, 6) is 0. The molecule has 2 heteroatoms. The zero-order valence-corrected chi connectivity index (χ0v) is 13.1. The third kappa shape index (κ3) is 2.23. The maximum absolute atomic E-state index is 3.81. The van der Waals surface area contributed by atoms with E-state index in [1.54, 1.807) is 0 Å². The zero-order valence-electron chi connectivity index (χ0n) is 11.4. The Bertz CT molecular complexity index is 839. The van der Waals surface area contributed by atoms with E-state index < -0.39 is 0 Å². The molecule has 0 amide bonds. The van der Waals surface area contributed by atoms with Gasteiger partial charge in [-0.2, -0.15) is 0 Å². The van der Waals surface area contributed by atoms with Gasteiger partial charge in [0, 0.05) is 0 Å². The summed E-state index contributed by atoms with van der Waals surface area (Å²) in [6.07, 6.45) is 1.83. The van der Waals surface area contributed by atoms with Crippen LogP contribution in [0.4, 0.5) is 0 Å². The average Bonchev–Trinajstić information content (AvgIpc) is 3.13. The predicted octanol–water partition coefficient (Wildman–Crippen LogP) is 4.72. The fourth-order valence-electron chi connectivity index (χ4n) is 2.85. The Labute approximate surface area is 128 Å². The Morgan fingerprint density at radius 3 is 1.38 bits per heavy atom. The van der Waals surface area contributed by atoms with Crippen LogP contribution in [-0.2, 0) is 0 Å². The molecule has 0 N–H and O–H groups in total. The number of rotatable bonds is 0. The molecule has 0 aliphatic heterocycles. The monoisotopic (exact) mass is 335 g/mol. The number of nitrogens with zero attached hydrogens (tertiary/aromatic N) is 1. The van der Waals surface area contributed by atoms with Gasteiger partial charge in [0.25, 0.3) is 0 Å². The first-order valence-corrected chi connectivity index (χ1v) is 8.86. The Kier molecular flexibility index (Phi) is 3.19. The van der Waals surface area contributed by atoms with E-state index in [2.05, 4.69) is 70.6 Å². The first-order valence-electron chi connectivity index (χ1n) is 6.88. The van der Waals surface area contributed by atoms with Gasteiger partial charge in [-0.1, -0.05) is 60.7 Å². The molecule has 0 spiro atoms. The molecule has 0 fully saturated rings. The molecule has 1 nitrogen and oxygen atoms in total. The molecule has 21 heavy (non-hydrogen) atoms. The van der Waals surface area contributed by atoms with Crippen LogP contribution in [0.1, 0.15) is 0 Å². The zero-order chi connectivity index (χ0) is 14.1. The summed E-state index contributed by atoms with van der Waals surface area (Å²) in [5, 5.41) is 10.1. The summed E-state index contributed by atoms with van der Waals surface area (Å²) in [6.45, 7) is 0. The summed E-state index contributed by atoms with van der Waals surface area (Å²) in [4.78, 5) is 5.88. The standard InChI is InChI=1S/C16H10.C3H3NSe/c1-3-11-7-9-13-5-2-6-14-10-8-12(4-1)15(11)16(13)14;1-2-5-3-4-1/h1-10H;1-3H. The van der Waals surface area contributed by atoms with Crippen molar-refractivity contribution in [2.45, 2.75) is 0 Å². The largest absolute Gasteiger partial charge is 0.0610 e. The second-order valence-corrected chi connectivity index (χ2v) is 6.55. The maximum atomic E-state index is 3.81. The minimum atomic E-state index is 0.597. The van der Waals surface area contributed by atoms with Gasteiger partial charge in [-0.25, -0.2) is 0 Å². The van der Waals surface area contributed by atoms with Gasteiger partial charge < -0.3 is 0 Å². The van der Waals surface area contributed by atoms with E-state index in [-0.39, 0.29) is 0 Å². The third-order valence-corrected chi connectivity index (χ3v) is 4.84. The Hall–Kier alpha value is -2.15. The van der Waals surface area contributed by atoms with Crippen molar-refractivity contribution in [3.63, 3.8) is 0 Å². The Morgan fingerprint density at radius 2 is 1.10 bits per heavy atom. The van der Waals surface area contributed by atoms with Crippen LogP contribution in [0.3, 0.4) is 0 Å². The van der Waals surface area contributed by atoms with Crippen LogP contribution in [0.15, 0.2) is 76.9 Å². The van der Waals surface area contributed by atoms with Crippen LogP contribution >= 0.6 is 0 Å². The van der Waals surface area contributed by atoms with Gasteiger partial charge in [0.1, 0.15) is 0 Å². The number of benzene rings is 4. The van der Waals surface area contributed by atoms with E-state index in [1.165, 1.54) is 32.3 Å². The topological polar surface area (TPSA) is 12.9 Å². The molecule has 0 saturated heterocycles. The fraction of sp³-hybridized carbons (Fsp3) is 0. The Morgan fingerprint density at radius 1 is 0.619 bits per heavy atom. The van der Waals surface area contributed by atoms with E-state index in [9.17, 15) is 0 Å². The summed E-state index contributed by atoms with van der Waals surface area (Å²) in [6, 6.07) is 21.9. The van der Waals surface area contributed by atoms with Crippen LogP contribution in [0.2, 0.25) is 0 Å². The van der Waals surface area contributed by atoms with E-state index in [0.29, 0.717) is 14.5 Å². The number of hydrogen-bond donors (Lipinski definition) is 0. The normalized spacial score (nSPS) is 10.9. The molecule has 0 bridgehead atoms. The predicted molar refractivity (Wildman–Crippen MR) is 91.3 cm³/mol. The van der Waals surface area contributed by atoms with Gasteiger partial charge in [0.05, 0.1) is 0 Å². The van der Waals surface area contributed by atoms with Gasteiger partial charge in [-0.15, -0.1) is 0 Å². The molecule has 5 rings (SSSR count). The first kappa shape index (κ1) is 12.6. The van der Waals surface area contributed by atoms with Crippen LogP contribution in [0.25, 0.3) is 32.3 Å². The van der Waals surface area contributed by atoms with Crippen molar-refractivity contribution < 1.29 is 0 Å². The van der Waals surface area contributed by atoms with E-state index in [1.807, 2.05) is 11.3 Å². The SMILES string of the molecule is c1c[se]cn1.c1cc2ccc3cccc4ccc(c1)c2c34. The maximum Gasteiger partial charge on any atom is -0.00268 e. The number of aromatic nitrogens is 1. The summed E-state index contributed by atoms with van der Waals surface area (Å²) in [7, 11) is 0. The molecule has 5 aromatic rings. The van der Waals surface area contributed by atoms with Crippen LogP contribution in [0.5, 0.6) is 0 Å². The summed E-state index contributed by atoms with van der Waals surface area (Å²) in [5.41, 5.74) is 0. The molecule has 4 aromatic carbocycles. The van der Waals surface area contributed by atoms with Crippen molar-refractivity contribution in [1.29, 1.82) is 0 Å². The second kappa shape index (κ2) is 5.32. The van der Waals surface area contributed by atoms with Crippen molar-refractivity contribution >= 4 is 46.8 Å². The smallest absolute Gasteiger partial charge is 0.00268 e. The minimum absolute atomic E-state index is 0.597. The molecule has 1 aromatic heterocycles. The van der Waals surface area contributed by atoms with Crippen molar-refractivity contribution in [2.24, 2.45) is 0 Å². The fourth-order valence-corrected chi connectivity index (χ4v) is 3.58. The van der Waals surface area contributed by atoms with Gasteiger partial charge in [-0.05, 0) is 32.3 Å². The molecule has 0 aliphatic carbocycles. The first-order chi connectivity index (χ1) is 10.4. The van der Waals surface area contributed by atoms with Crippen LogP contribution in [-0.4, -0.2) is 19.5 Å². The van der Waals surface area contributed by atoms with Crippen LogP contribution in [0, 0.1) is 0 Å².